The molecule has 4 nitrogen and oxygen atoms in total. The molecule has 0 saturated carbocycles. The summed E-state index contributed by atoms with van der Waals surface area (Å²) < 4.78 is 6.48. The van der Waals surface area contributed by atoms with Crippen molar-refractivity contribution in [3.8, 4) is 5.75 Å². The summed E-state index contributed by atoms with van der Waals surface area (Å²) >= 11 is 3.55. The van der Waals surface area contributed by atoms with Crippen molar-refractivity contribution in [2.45, 2.75) is 13.0 Å². The minimum Gasteiger partial charge on any atom is -0.493 e. The smallest absolute Gasteiger partial charge is 0.133 e. The lowest BCUT2D eigenvalue weighted by molar-refractivity contribution is 0.0747. The second kappa shape index (κ2) is 7.41. The van der Waals surface area contributed by atoms with Crippen LogP contribution in [0.25, 0.3) is 0 Å². The van der Waals surface area contributed by atoms with Gasteiger partial charge in [-0.3, -0.25) is 4.90 Å². The maximum absolute atomic E-state index is 9.76. The molecule has 20 heavy (non-hydrogen) atoms. The van der Waals surface area contributed by atoms with Gasteiger partial charge in [-0.25, -0.2) is 0 Å². The summed E-state index contributed by atoms with van der Waals surface area (Å²) in [7, 11) is 2.14. The molecule has 112 valence electrons. The molecule has 1 aromatic carbocycles. The van der Waals surface area contributed by atoms with Crippen molar-refractivity contribution >= 4 is 15.9 Å². The van der Waals surface area contributed by atoms with Gasteiger partial charge in [0.25, 0.3) is 0 Å². The summed E-state index contributed by atoms with van der Waals surface area (Å²) in [5.74, 6) is 0.853. The van der Waals surface area contributed by atoms with Crippen LogP contribution in [0.5, 0.6) is 5.75 Å². The molecule has 0 radical (unpaired) electrons. The van der Waals surface area contributed by atoms with E-state index < -0.39 is 0 Å². The van der Waals surface area contributed by atoms with Gasteiger partial charge in [0.05, 0.1) is 23.7 Å². The molecular weight excluding hydrogens is 320 g/mol. The lowest BCUT2D eigenvalue weighted by Crippen LogP contribution is -2.46. The summed E-state index contributed by atoms with van der Waals surface area (Å²) in [6.45, 7) is 6.85. The summed E-state index contributed by atoms with van der Waals surface area (Å²) in [6.07, 6.45) is 0. The van der Waals surface area contributed by atoms with E-state index in [0.717, 1.165) is 42.0 Å². The molecule has 1 atom stereocenters. The third kappa shape index (κ3) is 3.73. The molecule has 1 heterocycles. The summed E-state index contributed by atoms with van der Waals surface area (Å²) in [4.78, 5) is 4.67. The maximum atomic E-state index is 9.76. The number of ether oxygens (including phenoxy) is 1. The van der Waals surface area contributed by atoms with Crippen molar-refractivity contribution in [3.05, 3.63) is 28.2 Å². The topological polar surface area (TPSA) is 35.9 Å². The normalized spacial score (nSPS) is 19.0. The molecule has 1 unspecified atom stereocenters. The zero-order valence-corrected chi connectivity index (χ0v) is 13.8. The van der Waals surface area contributed by atoms with Gasteiger partial charge in [0.15, 0.2) is 0 Å². The quantitative estimate of drug-likeness (QED) is 0.889. The van der Waals surface area contributed by atoms with Crippen molar-refractivity contribution in [1.29, 1.82) is 0 Å². The predicted molar refractivity (Wildman–Crippen MR) is 84.2 cm³/mol. The van der Waals surface area contributed by atoms with Crippen LogP contribution in [0.4, 0.5) is 0 Å². The number of halogens is 1. The van der Waals surface area contributed by atoms with Gasteiger partial charge in [-0.15, -0.1) is 0 Å². The first-order valence-electron chi connectivity index (χ1n) is 7.11. The number of piperazine rings is 1. The SMILES string of the molecule is CCOc1ccc(C(CO)N2CCN(C)CC2)cc1Br. The number of hydrogen-bond donors (Lipinski definition) is 1. The van der Waals surface area contributed by atoms with Crippen LogP contribution < -0.4 is 4.74 Å². The Morgan fingerprint density at radius 2 is 2.00 bits per heavy atom. The van der Waals surface area contributed by atoms with E-state index in [1.807, 2.05) is 13.0 Å². The van der Waals surface area contributed by atoms with E-state index in [0.29, 0.717) is 6.61 Å². The van der Waals surface area contributed by atoms with Gasteiger partial charge >= 0.3 is 0 Å². The average molecular weight is 343 g/mol. The molecule has 1 aliphatic rings. The van der Waals surface area contributed by atoms with Crippen LogP contribution in [0.2, 0.25) is 0 Å². The second-order valence-corrected chi connectivity index (χ2v) is 6.01. The Bertz CT molecular complexity index is 434. The van der Waals surface area contributed by atoms with Gasteiger partial charge in [-0.1, -0.05) is 6.07 Å². The van der Waals surface area contributed by atoms with Crippen LogP contribution in [-0.4, -0.2) is 61.3 Å². The highest BCUT2D eigenvalue weighted by molar-refractivity contribution is 9.10. The Labute approximate surface area is 129 Å². The Kier molecular flexibility index (Phi) is 5.84. The summed E-state index contributed by atoms with van der Waals surface area (Å²) in [5.41, 5.74) is 1.13. The molecule has 0 bridgehead atoms. The highest BCUT2D eigenvalue weighted by atomic mass is 79.9. The van der Waals surface area contributed by atoms with Crippen molar-refractivity contribution in [2.75, 3.05) is 46.4 Å². The highest BCUT2D eigenvalue weighted by Gasteiger charge is 2.23. The van der Waals surface area contributed by atoms with E-state index in [4.69, 9.17) is 4.74 Å². The monoisotopic (exact) mass is 342 g/mol. The van der Waals surface area contributed by atoms with Crippen molar-refractivity contribution < 1.29 is 9.84 Å². The third-order valence-electron chi connectivity index (χ3n) is 3.79. The Hall–Kier alpha value is -0.620. The molecule has 0 amide bonds. The molecule has 5 heteroatoms. The van der Waals surface area contributed by atoms with Gasteiger partial charge < -0.3 is 14.7 Å². The first-order valence-corrected chi connectivity index (χ1v) is 7.90. The fourth-order valence-corrected chi connectivity index (χ4v) is 3.07. The van der Waals surface area contributed by atoms with Crippen LogP contribution in [0.3, 0.4) is 0 Å². The van der Waals surface area contributed by atoms with Crippen LogP contribution in [-0.2, 0) is 0 Å². The number of nitrogens with zero attached hydrogens (tertiary/aromatic N) is 2. The number of aliphatic hydroxyl groups is 1. The largest absolute Gasteiger partial charge is 0.493 e. The molecule has 0 aliphatic carbocycles. The Balaban J connectivity index is 2.13. The summed E-state index contributed by atoms with van der Waals surface area (Å²) in [6, 6.07) is 6.15. The van der Waals surface area contributed by atoms with Crippen molar-refractivity contribution in [3.63, 3.8) is 0 Å². The number of benzene rings is 1. The van der Waals surface area contributed by atoms with E-state index >= 15 is 0 Å². The third-order valence-corrected chi connectivity index (χ3v) is 4.41. The van der Waals surface area contributed by atoms with Crippen LogP contribution in [0, 0.1) is 0 Å². The van der Waals surface area contributed by atoms with Crippen LogP contribution in [0.15, 0.2) is 22.7 Å². The number of likely N-dealkylation sites (N-methyl/N-ethyl adjacent to an activating group) is 1. The molecule has 0 aromatic heterocycles. The first-order chi connectivity index (χ1) is 9.65. The molecule has 2 rings (SSSR count). The molecular formula is C15H23BrN2O2. The molecule has 0 spiro atoms. The fraction of sp³-hybridized carbons (Fsp3) is 0.600. The van der Waals surface area contributed by atoms with Crippen LogP contribution >= 0.6 is 15.9 Å². The number of aliphatic hydroxyl groups excluding tert-OH is 1. The van der Waals surface area contributed by atoms with Gasteiger partial charge in [0.1, 0.15) is 5.75 Å². The zero-order valence-electron chi connectivity index (χ0n) is 12.2. The molecule has 1 saturated heterocycles. The van der Waals surface area contributed by atoms with Crippen molar-refractivity contribution in [1.82, 2.24) is 9.80 Å². The predicted octanol–water partition coefficient (Wildman–Crippen LogP) is 2.13. The molecule has 1 aromatic rings. The lowest BCUT2D eigenvalue weighted by Gasteiger charge is -2.37. The van der Waals surface area contributed by atoms with E-state index in [2.05, 4.69) is 44.9 Å². The fourth-order valence-electron chi connectivity index (χ4n) is 2.56. The van der Waals surface area contributed by atoms with Gasteiger partial charge in [0, 0.05) is 26.2 Å². The highest BCUT2D eigenvalue weighted by Crippen LogP contribution is 2.30. The second-order valence-electron chi connectivity index (χ2n) is 5.16. The van der Waals surface area contributed by atoms with Gasteiger partial charge in [-0.05, 0) is 47.6 Å². The molecule has 1 fully saturated rings. The zero-order chi connectivity index (χ0) is 14.5. The summed E-state index contributed by atoms with van der Waals surface area (Å²) in [5, 5.41) is 9.76. The number of hydrogen-bond acceptors (Lipinski definition) is 4. The minimum atomic E-state index is 0.0654. The van der Waals surface area contributed by atoms with Gasteiger partial charge in [-0.2, -0.15) is 0 Å². The molecule has 1 N–H and O–H groups in total. The van der Waals surface area contributed by atoms with Crippen LogP contribution in [0.1, 0.15) is 18.5 Å². The Morgan fingerprint density at radius 3 is 2.55 bits per heavy atom. The molecule has 1 aliphatic heterocycles. The minimum absolute atomic E-state index is 0.0654. The number of rotatable bonds is 5. The standard InChI is InChI=1S/C15H23BrN2O2/c1-3-20-15-5-4-12(10-13(15)16)14(11-19)18-8-6-17(2)7-9-18/h4-5,10,14,19H,3,6-9,11H2,1-2H3. The lowest BCUT2D eigenvalue weighted by atomic mass is 10.0. The van der Waals surface area contributed by atoms with E-state index in [1.54, 1.807) is 0 Å². The van der Waals surface area contributed by atoms with Crippen molar-refractivity contribution in [2.24, 2.45) is 0 Å². The Morgan fingerprint density at radius 1 is 1.30 bits per heavy atom. The van der Waals surface area contributed by atoms with E-state index in [-0.39, 0.29) is 12.6 Å². The first kappa shape index (κ1) is 15.8. The van der Waals surface area contributed by atoms with E-state index in [9.17, 15) is 5.11 Å². The van der Waals surface area contributed by atoms with E-state index in [1.165, 1.54) is 0 Å². The maximum Gasteiger partial charge on any atom is 0.133 e. The average Bonchev–Trinajstić information content (AvgIpc) is 2.45. The van der Waals surface area contributed by atoms with Gasteiger partial charge in [0.2, 0.25) is 0 Å².